The number of carbonyl (C=O) groups is 1. The van der Waals surface area contributed by atoms with Gasteiger partial charge in [0.2, 0.25) is 5.91 Å². The summed E-state index contributed by atoms with van der Waals surface area (Å²) in [7, 11) is 0. The summed E-state index contributed by atoms with van der Waals surface area (Å²) in [6.45, 7) is 0. The van der Waals surface area contributed by atoms with Gasteiger partial charge in [-0.2, -0.15) is 5.10 Å². The minimum absolute atomic E-state index is 0.135. The van der Waals surface area contributed by atoms with Gasteiger partial charge in [-0.25, -0.2) is 5.01 Å². The molecule has 1 aromatic carbocycles. The first-order valence-electron chi connectivity index (χ1n) is 10.8. The number of amides is 1. The van der Waals surface area contributed by atoms with Gasteiger partial charge in [-0.1, -0.05) is 28.1 Å². The second kappa shape index (κ2) is 6.56. The van der Waals surface area contributed by atoms with Crippen LogP contribution in [0.5, 0.6) is 0 Å². The van der Waals surface area contributed by atoms with Crippen molar-refractivity contribution in [3.8, 4) is 0 Å². The molecule has 5 heteroatoms. The highest BCUT2D eigenvalue weighted by Gasteiger charge is 2.57. The Hall–Kier alpha value is -1.88. The summed E-state index contributed by atoms with van der Waals surface area (Å²) in [6.07, 6.45) is 9.57. The molecule has 1 aliphatic heterocycles. The monoisotopic (exact) mass is 452 g/mol. The Balaban J connectivity index is 1.37. The van der Waals surface area contributed by atoms with Gasteiger partial charge in [0.1, 0.15) is 11.8 Å². The third-order valence-electron chi connectivity index (χ3n) is 7.66. The average Bonchev–Trinajstić information content (AvgIpc) is 3.37. The topological polar surface area (TPSA) is 45.8 Å². The number of halogens is 1. The molecule has 29 heavy (non-hydrogen) atoms. The van der Waals surface area contributed by atoms with Crippen molar-refractivity contribution in [1.82, 2.24) is 5.01 Å². The number of nitrogens with zero attached hydrogens (tertiary/aromatic N) is 2. The van der Waals surface area contributed by atoms with Gasteiger partial charge >= 0.3 is 0 Å². The lowest BCUT2D eigenvalue weighted by Gasteiger charge is -2.56. The maximum atomic E-state index is 14.0. The second-order valence-electron chi connectivity index (χ2n) is 9.64. The zero-order valence-corrected chi connectivity index (χ0v) is 18.0. The van der Waals surface area contributed by atoms with Crippen LogP contribution >= 0.6 is 15.9 Å². The fourth-order valence-corrected chi connectivity index (χ4v) is 7.10. The zero-order valence-electron chi connectivity index (χ0n) is 16.4. The number of benzene rings is 1. The van der Waals surface area contributed by atoms with Gasteiger partial charge < -0.3 is 4.42 Å². The van der Waals surface area contributed by atoms with E-state index in [1.165, 1.54) is 19.3 Å². The van der Waals surface area contributed by atoms with Crippen LogP contribution in [-0.2, 0) is 4.79 Å². The molecule has 0 saturated heterocycles. The van der Waals surface area contributed by atoms with Crippen molar-refractivity contribution in [2.24, 2.45) is 28.3 Å². The van der Waals surface area contributed by atoms with Crippen molar-refractivity contribution in [2.45, 2.75) is 51.0 Å². The predicted molar refractivity (Wildman–Crippen MR) is 114 cm³/mol. The van der Waals surface area contributed by atoms with Crippen LogP contribution in [0.4, 0.5) is 0 Å². The van der Waals surface area contributed by atoms with E-state index in [0.717, 1.165) is 58.5 Å². The third-order valence-corrected chi connectivity index (χ3v) is 8.19. The fourth-order valence-electron chi connectivity index (χ4n) is 6.83. The number of furan rings is 1. The minimum Gasteiger partial charge on any atom is -0.467 e. The van der Waals surface area contributed by atoms with E-state index in [1.54, 1.807) is 11.3 Å². The smallest absolute Gasteiger partial charge is 0.249 e. The summed E-state index contributed by atoms with van der Waals surface area (Å²) in [5.41, 5.74) is 1.85. The van der Waals surface area contributed by atoms with Gasteiger partial charge in [0.25, 0.3) is 0 Å². The fraction of sp³-hybridized carbons (Fsp3) is 0.500. The first-order chi connectivity index (χ1) is 14.1. The van der Waals surface area contributed by atoms with Crippen LogP contribution in [0.25, 0.3) is 0 Å². The molecule has 4 saturated carbocycles. The lowest BCUT2D eigenvalue weighted by Crippen LogP contribution is -2.53. The highest BCUT2D eigenvalue weighted by Crippen LogP contribution is 2.61. The van der Waals surface area contributed by atoms with Gasteiger partial charge in [0, 0.05) is 10.9 Å². The van der Waals surface area contributed by atoms with Gasteiger partial charge in [0.05, 0.1) is 17.4 Å². The number of hydrogen-bond donors (Lipinski definition) is 0. The van der Waals surface area contributed by atoms with Crippen molar-refractivity contribution in [2.75, 3.05) is 0 Å². The molecule has 0 spiro atoms. The summed E-state index contributed by atoms with van der Waals surface area (Å²) in [4.78, 5) is 14.0. The zero-order chi connectivity index (χ0) is 19.6. The lowest BCUT2D eigenvalue weighted by atomic mass is 9.49. The summed E-state index contributed by atoms with van der Waals surface area (Å²) in [5, 5.41) is 6.70. The largest absolute Gasteiger partial charge is 0.467 e. The highest BCUT2D eigenvalue weighted by atomic mass is 79.9. The Morgan fingerprint density at radius 3 is 2.28 bits per heavy atom. The Bertz CT molecular complexity index is 928. The molecule has 0 radical (unpaired) electrons. The van der Waals surface area contributed by atoms with E-state index in [4.69, 9.17) is 9.52 Å². The van der Waals surface area contributed by atoms with Gasteiger partial charge in [-0.05, 0) is 86.1 Å². The molecule has 0 N–H and O–H groups in total. The first-order valence-corrected chi connectivity index (χ1v) is 11.6. The number of carbonyl (C=O) groups excluding carboxylic acids is 1. The van der Waals surface area contributed by atoms with Gasteiger partial charge in [-0.15, -0.1) is 0 Å². The van der Waals surface area contributed by atoms with Crippen molar-refractivity contribution in [3.63, 3.8) is 0 Å². The average molecular weight is 453 g/mol. The molecule has 2 aromatic rings. The Morgan fingerprint density at radius 2 is 1.69 bits per heavy atom. The SMILES string of the molecule is O=C(N1N=C(c2ccc(Br)cc2)C[C@H]1c1ccco1)C12CC3CC(CC(C3)C1)C2. The van der Waals surface area contributed by atoms with Crippen LogP contribution in [0.3, 0.4) is 0 Å². The maximum absolute atomic E-state index is 14.0. The molecule has 1 amide bonds. The molecule has 1 aromatic heterocycles. The van der Waals surface area contributed by atoms with E-state index < -0.39 is 0 Å². The van der Waals surface area contributed by atoms with Gasteiger partial charge in [0.15, 0.2) is 0 Å². The van der Waals surface area contributed by atoms with Crippen LogP contribution < -0.4 is 0 Å². The quantitative estimate of drug-likeness (QED) is 0.578. The second-order valence-corrected chi connectivity index (χ2v) is 10.6. The Morgan fingerprint density at radius 1 is 1.03 bits per heavy atom. The summed E-state index contributed by atoms with van der Waals surface area (Å²) >= 11 is 3.50. The number of hydrogen-bond acceptors (Lipinski definition) is 3. The summed E-state index contributed by atoms with van der Waals surface area (Å²) in [6, 6.07) is 11.9. The van der Waals surface area contributed by atoms with E-state index in [2.05, 4.69) is 28.1 Å². The lowest BCUT2D eigenvalue weighted by molar-refractivity contribution is -0.160. The Labute approximate surface area is 179 Å². The molecule has 4 fully saturated rings. The molecule has 4 bridgehead atoms. The van der Waals surface area contributed by atoms with Crippen LogP contribution in [0, 0.1) is 23.2 Å². The van der Waals surface area contributed by atoms with E-state index in [1.807, 2.05) is 24.3 Å². The standard InChI is InChI=1S/C24H25BrN2O2/c25-19-5-3-18(4-6-19)20-11-21(22-2-1-7-29-22)27(26-20)23(28)24-12-15-8-16(13-24)10-17(9-15)14-24/h1-7,15-17,21H,8-14H2/t15?,16?,17?,21-,24?/m0/s1. The molecular weight excluding hydrogens is 428 g/mol. The Kier molecular flexibility index (Phi) is 4.06. The van der Waals surface area contributed by atoms with E-state index >= 15 is 0 Å². The van der Waals surface area contributed by atoms with Crippen molar-refractivity contribution in [1.29, 1.82) is 0 Å². The van der Waals surface area contributed by atoms with Crippen LogP contribution in [-0.4, -0.2) is 16.6 Å². The molecule has 4 nitrogen and oxygen atoms in total. The molecule has 0 unspecified atom stereocenters. The molecule has 150 valence electrons. The minimum atomic E-state index is -0.196. The van der Waals surface area contributed by atoms with Crippen LogP contribution in [0.2, 0.25) is 0 Å². The molecule has 4 aliphatic carbocycles. The van der Waals surface area contributed by atoms with Crippen LogP contribution in [0.15, 0.2) is 56.7 Å². The molecule has 1 atom stereocenters. The van der Waals surface area contributed by atoms with Crippen molar-refractivity contribution in [3.05, 3.63) is 58.5 Å². The summed E-state index contributed by atoms with van der Waals surface area (Å²) in [5.74, 6) is 3.29. The maximum Gasteiger partial charge on any atom is 0.249 e. The molecule has 5 aliphatic rings. The van der Waals surface area contributed by atoms with Crippen LogP contribution in [0.1, 0.15) is 62.3 Å². The predicted octanol–water partition coefficient (Wildman–Crippen LogP) is 5.94. The normalized spacial score (nSPS) is 35.2. The van der Waals surface area contributed by atoms with E-state index in [9.17, 15) is 4.79 Å². The van der Waals surface area contributed by atoms with Crippen molar-refractivity contribution >= 4 is 27.5 Å². The number of rotatable bonds is 3. The highest BCUT2D eigenvalue weighted by molar-refractivity contribution is 9.10. The first kappa shape index (κ1) is 17.9. The van der Waals surface area contributed by atoms with Gasteiger partial charge in [-0.3, -0.25) is 4.79 Å². The van der Waals surface area contributed by atoms with Crippen molar-refractivity contribution < 1.29 is 9.21 Å². The number of hydrazone groups is 1. The van der Waals surface area contributed by atoms with E-state index in [0.29, 0.717) is 6.42 Å². The van der Waals surface area contributed by atoms with E-state index in [-0.39, 0.29) is 17.4 Å². The molecule has 7 rings (SSSR count). The third kappa shape index (κ3) is 2.92. The molecule has 2 heterocycles. The molecular formula is C24H25BrN2O2. The summed E-state index contributed by atoms with van der Waals surface area (Å²) < 4.78 is 6.79.